The van der Waals surface area contributed by atoms with Gasteiger partial charge in [0.25, 0.3) is 0 Å². The van der Waals surface area contributed by atoms with E-state index in [1.165, 1.54) is 19.3 Å². The van der Waals surface area contributed by atoms with E-state index in [4.69, 9.17) is 17.3 Å². The second-order valence-corrected chi connectivity index (χ2v) is 6.03. The first-order valence-electron chi connectivity index (χ1n) is 6.23. The Morgan fingerprint density at radius 1 is 1.20 bits per heavy atom. The van der Waals surface area contributed by atoms with Crippen LogP contribution >= 0.6 is 11.6 Å². The molecule has 2 fully saturated rings. The molecule has 1 heterocycles. The third-order valence-corrected chi connectivity index (χ3v) is 4.97. The van der Waals surface area contributed by atoms with Crippen molar-refractivity contribution >= 4 is 17.4 Å². The van der Waals surface area contributed by atoms with Crippen LogP contribution in [-0.2, 0) is 0 Å². The van der Waals surface area contributed by atoms with Crippen LogP contribution in [-0.4, -0.2) is 17.3 Å². The quantitative estimate of drug-likeness (QED) is 0.686. The van der Waals surface area contributed by atoms with Crippen molar-refractivity contribution in [2.75, 3.05) is 0 Å². The van der Waals surface area contributed by atoms with Gasteiger partial charge in [-0.2, -0.15) is 0 Å². The molecular weight excluding hydrogens is 208 g/mol. The molecule has 4 unspecified atom stereocenters. The average molecular weight is 227 g/mol. The molecule has 4 atom stereocenters. The van der Waals surface area contributed by atoms with Gasteiger partial charge in [0.15, 0.2) is 0 Å². The molecule has 3 heteroatoms. The Morgan fingerprint density at radius 3 is 2.67 bits per heavy atom. The van der Waals surface area contributed by atoms with Crippen LogP contribution in [0.4, 0.5) is 0 Å². The van der Waals surface area contributed by atoms with E-state index in [2.05, 4.69) is 4.99 Å². The smallest absolute Gasteiger partial charge is 0.0978 e. The molecule has 0 spiro atoms. The van der Waals surface area contributed by atoms with Gasteiger partial charge in [0.1, 0.15) is 0 Å². The van der Waals surface area contributed by atoms with E-state index in [0.717, 1.165) is 31.0 Å². The highest BCUT2D eigenvalue weighted by atomic mass is 35.5. The van der Waals surface area contributed by atoms with E-state index >= 15 is 0 Å². The summed E-state index contributed by atoms with van der Waals surface area (Å²) in [7, 11) is 0. The predicted octanol–water partition coefficient (Wildman–Crippen LogP) is 2.55. The van der Waals surface area contributed by atoms with Crippen molar-refractivity contribution in [3.05, 3.63) is 0 Å². The standard InChI is InChI=1S/C12H19ClN2/c13-8-4-5-10-9(6-8)11(12(14)15-10)7-2-1-3-7/h7-11H,1-6H2,(H2,14,15). The predicted molar refractivity (Wildman–Crippen MR) is 63.2 cm³/mol. The molecule has 2 saturated carbocycles. The lowest BCUT2D eigenvalue weighted by atomic mass is 9.67. The maximum absolute atomic E-state index is 6.27. The van der Waals surface area contributed by atoms with Crippen LogP contribution in [0, 0.1) is 17.8 Å². The van der Waals surface area contributed by atoms with Gasteiger partial charge in [-0.15, -0.1) is 11.6 Å². The highest BCUT2D eigenvalue weighted by Crippen LogP contribution is 2.47. The number of fused-ring (bicyclic) bond motifs is 1. The molecule has 0 aromatic carbocycles. The Morgan fingerprint density at radius 2 is 2.00 bits per heavy atom. The summed E-state index contributed by atoms with van der Waals surface area (Å²) in [4.78, 5) is 4.67. The molecular formula is C12H19ClN2. The van der Waals surface area contributed by atoms with Gasteiger partial charge in [-0.1, -0.05) is 6.42 Å². The van der Waals surface area contributed by atoms with Crippen molar-refractivity contribution in [3.8, 4) is 0 Å². The van der Waals surface area contributed by atoms with Gasteiger partial charge in [0, 0.05) is 11.3 Å². The van der Waals surface area contributed by atoms with Crippen molar-refractivity contribution in [2.45, 2.75) is 49.9 Å². The Bertz CT molecular complexity index is 285. The summed E-state index contributed by atoms with van der Waals surface area (Å²) in [6, 6.07) is 0.505. The number of amidine groups is 1. The van der Waals surface area contributed by atoms with E-state index in [9.17, 15) is 0 Å². The summed E-state index contributed by atoms with van der Waals surface area (Å²) in [6.45, 7) is 0. The van der Waals surface area contributed by atoms with E-state index < -0.39 is 0 Å². The fourth-order valence-electron chi connectivity index (χ4n) is 3.57. The number of aliphatic imine (C=N–C) groups is 1. The lowest BCUT2D eigenvalue weighted by molar-refractivity contribution is 0.169. The van der Waals surface area contributed by atoms with E-state index in [1.54, 1.807) is 0 Å². The fraction of sp³-hybridized carbons (Fsp3) is 0.917. The number of halogens is 1. The molecule has 0 saturated heterocycles. The highest BCUT2D eigenvalue weighted by molar-refractivity contribution is 6.20. The van der Waals surface area contributed by atoms with E-state index in [-0.39, 0.29) is 0 Å². The summed E-state index contributed by atoms with van der Waals surface area (Å²) in [5, 5.41) is 0.370. The number of nitrogens with two attached hydrogens (primary N) is 1. The second-order valence-electron chi connectivity index (χ2n) is 5.41. The molecule has 2 nitrogen and oxygen atoms in total. The van der Waals surface area contributed by atoms with Crippen LogP contribution in [0.3, 0.4) is 0 Å². The number of hydrogen-bond donors (Lipinski definition) is 1. The number of rotatable bonds is 1. The van der Waals surface area contributed by atoms with Crippen molar-refractivity contribution in [1.82, 2.24) is 0 Å². The summed E-state index contributed by atoms with van der Waals surface area (Å²) >= 11 is 6.27. The Kier molecular flexibility index (Phi) is 2.42. The summed E-state index contributed by atoms with van der Waals surface area (Å²) in [5.41, 5.74) is 6.10. The van der Waals surface area contributed by atoms with Crippen LogP contribution in [0.1, 0.15) is 38.5 Å². The molecule has 15 heavy (non-hydrogen) atoms. The summed E-state index contributed by atoms with van der Waals surface area (Å²) in [5.74, 6) is 3.02. The van der Waals surface area contributed by atoms with Crippen molar-refractivity contribution in [2.24, 2.45) is 28.5 Å². The second kappa shape index (κ2) is 3.65. The molecule has 0 bridgehead atoms. The van der Waals surface area contributed by atoms with Gasteiger partial charge in [-0.3, -0.25) is 4.99 Å². The third kappa shape index (κ3) is 1.57. The Labute approximate surface area is 96.3 Å². The maximum Gasteiger partial charge on any atom is 0.0978 e. The molecule has 2 N–H and O–H groups in total. The van der Waals surface area contributed by atoms with E-state index in [1.807, 2.05) is 0 Å². The first kappa shape index (κ1) is 9.95. The zero-order valence-corrected chi connectivity index (χ0v) is 9.79. The number of hydrogen-bond acceptors (Lipinski definition) is 2. The first-order chi connectivity index (χ1) is 7.25. The zero-order valence-electron chi connectivity index (χ0n) is 9.03. The molecule has 3 rings (SSSR count). The van der Waals surface area contributed by atoms with Gasteiger partial charge in [0.2, 0.25) is 0 Å². The average Bonchev–Trinajstić information content (AvgIpc) is 2.42. The summed E-state index contributed by atoms with van der Waals surface area (Å²) in [6.07, 6.45) is 7.52. The number of nitrogens with zero attached hydrogens (tertiary/aromatic N) is 1. The SMILES string of the molecule is NC1=NC2CCC(Cl)CC2C1C1CCC1. The van der Waals surface area contributed by atoms with Crippen molar-refractivity contribution in [1.29, 1.82) is 0 Å². The topological polar surface area (TPSA) is 38.4 Å². The minimum atomic E-state index is 0.370. The lowest BCUT2D eigenvalue weighted by Gasteiger charge is -2.38. The molecule has 1 aliphatic heterocycles. The van der Waals surface area contributed by atoms with Gasteiger partial charge >= 0.3 is 0 Å². The van der Waals surface area contributed by atoms with Crippen molar-refractivity contribution < 1.29 is 0 Å². The molecule has 84 valence electrons. The largest absolute Gasteiger partial charge is 0.387 e. The van der Waals surface area contributed by atoms with Crippen molar-refractivity contribution in [3.63, 3.8) is 0 Å². The molecule has 0 amide bonds. The van der Waals surface area contributed by atoms with Crippen LogP contribution in [0.15, 0.2) is 4.99 Å². The first-order valence-corrected chi connectivity index (χ1v) is 6.66. The van der Waals surface area contributed by atoms with Crippen LogP contribution in [0.25, 0.3) is 0 Å². The van der Waals surface area contributed by atoms with Crippen LogP contribution < -0.4 is 5.73 Å². The highest BCUT2D eigenvalue weighted by Gasteiger charge is 2.45. The zero-order chi connectivity index (χ0) is 10.4. The maximum atomic E-state index is 6.27. The normalized spacial score (nSPS) is 45.8. The minimum absolute atomic E-state index is 0.370. The monoisotopic (exact) mass is 226 g/mol. The Balaban J connectivity index is 1.78. The van der Waals surface area contributed by atoms with Gasteiger partial charge in [-0.25, -0.2) is 0 Å². The van der Waals surface area contributed by atoms with Gasteiger partial charge in [0.05, 0.1) is 11.9 Å². The minimum Gasteiger partial charge on any atom is -0.387 e. The molecule has 3 aliphatic rings. The fourth-order valence-corrected chi connectivity index (χ4v) is 3.90. The Hall–Kier alpha value is -0.240. The molecule has 0 aromatic rings. The molecule has 0 aromatic heterocycles. The number of alkyl halides is 1. The molecule has 0 radical (unpaired) electrons. The summed E-state index contributed by atoms with van der Waals surface area (Å²) < 4.78 is 0. The lowest BCUT2D eigenvalue weighted by Crippen LogP contribution is -2.39. The third-order valence-electron chi connectivity index (χ3n) is 4.57. The van der Waals surface area contributed by atoms with Crippen LogP contribution in [0.5, 0.6) is 0 Å². The van der Waals surface area contributed by atoms with Gasteiger partial charge < -0.3 is 5.73 Å². The molecule has 2 aliphatic carbocycles. The van der Waals surface area contributed by atoms with Crippen LogP contribution in [0.2, 0.25) is 0 Å². The van der Waals surface area contributed by atoms with Gasteiger partial charge in [-0.05, 0) is 43.9 Å². The van der Waals surface area contributed by atoms with E-state index in [0.29, 0.717) is 23.3 Å².